The molecule has 0 spiro atoms. The molecule has 0 aliphatic carbocycles. The Hall–Kier alpha value is -0.570. The van der Waals surface area contributed by atoms with Gasteiger partial charge in [0.15, 0.2) is 9.84 Å². The predicted molar refractivity (Wildman–Crippen MR) is 87.0 cm³/mol. The normalized spacial score (nSPS) is 22.4. The molecular weight excluding hydrogens is 308 g/mol. The number of nitrogens with zero attached hydrogens (tertiary/aromatic N) is 3. The molecular formula is C13H24N4O2S2. The summed E-state index contributed by atoms with van der Waals surface area (Å²) in [6.07, 6.45) is 1.95. The third-order valence-electron chi connectivity index (χ3n) is 3.98. The van der Waals surface area contributed by atoms with Crippen LogP contribution in [-0.4, -0.2) is 58.8 Å². The fourth-order valence-corrected chi connectivity index (χ4v) is 5.91. The van der Waals surface area contributed by atoms with E-state index < -0.39 is 15.2 Å². The minimum Gasteiger partial charge on any atom is -0.329 e. The van der Waals surface area contributed by atoms with Gasteiger partial charge in [0.1, 0.15) is 5.37 Å². The molecule has 1 fully saturated rings. The Morgan fingerprint density at radius 1 is 1.57 bits per heavy atom. The topological polar surface area (TPSA) is 81.2 Å². The molecule has 0 saturated carbocycles. The first-order valence-electron chi connectivity index (χ1n) is 7.16. The van der Waals surface area contributed by atoms with Crippen molar-refractivity contribution in [2.24, 2.45) is 12.8 Å². The predicted octanol–water partition coefficient (Wildman–Crippen LogP) is 0.538. The summed E-state index contributed by atoms with van der Waals surface area (Å²) in [4.78, 5) is 2.05. The van der Waals surface area contributed by atoms with E-state index in [0.29, 0.717) is 12.3 Å². The molecule has 120 valence electrons. The van der Waals surface area contributed by atoms with Crippen LogP contribution >= 0.6 is 11.8 Å². The zero-order valence-corrected chi connectivity index (χ0v) is 14.5. The molecule has 2 atom stereocenters. The van der Waals surface area contributed by atoms with Crippen molar-refractivity contribution in [3.8, 4) is 0 Å². The van der Waals surface area contributed by atoms with Gasteiger partial charge in [-0.05, 0) is 6.92 Å². The van der Waals surface area contributed by atoms with Gasteiger partial charge in [0.25, 0.3) is 0 Å². The standard InChI is InChI=1S/C13H24N4O2S2/c1-4-21(18,19)13-9-20-6-5-17(13)12(7-14)11-8-16(3)15-10(11)2/h8,12-13H,4-7,9,14H2,1-3H3. The lowest BCUT2D eigenvalue weighted by Crippen LogP contribution is -2.51. The van der Waals surface area contributed by atoms with Crippen molar-refractivity contribution in [1.29, 1.82) is 0 Å². The lowest BCUT2D eigenvalue weighted by atomic mass is 10.1. The Balaban J connectivity index is 2.36. The number of thioether (sulfide) groups is 1. The van der Waals surface area contributed by atoms with E-state index in [9.17, 15) is 8.42 Å². The molecule has 0 amide bonds. The summed E-state index contributed by atoms with van der Waals surface area (Å²) in [5.74, 6) is 1.72. The Labute approximate surface area is 131 Å². The van der Waals surface area contributed by atoms with Gasteiger partial charge in [-0.1, -0.05) is 6.92 Å². The lowest BCUT2D eigenvalue weighted by molar-refractivity contribution is 0.197. The summed E-state index contributed by atoms with van der Waals surface area (Å²) in [7, 11) is -1.25. The maximum Gasteiger partial charge on any atom is 0.166 e. The fourth-order valence-electron chi connectivity index (χ4n) is 2.84. The zero-order chi connectivity index (χ0) is 15.6. The molecule has 1 saturated heterocycles. The Kier molecular flexibility index (Phi) is 5.34. The molecule has 1 aliphatic rings. The van der Waals surface area contributed by atoms with Gasteiger partial charge in [-0.2, -0.15) is 16.9 Å². The van der Waals surface area contributed by atoms with E-state index in [2.05, 4.69) is 10.00 Å². The minimum atomic E-state index is -3.12. The number of nitrogens with two attached hydrogens (primary N) is 1. The molecule has 2 heterocycles. The highest BCUT2D eigenvalue weighted by molar-refractivity contribution is 8.01. The highest BCUT2D eigenvalue weighted by atomic mass is 32.2. The van der Waals surface area contributed by atoms with Crippen LogP contribution < -0.4 is 5.73 Å². The molecule has 1 aliphatic heterocycles. The summed E-state index contributed by atoms with van der Waals surface area (Å²) in [5.41, 5.74) is 7.93. The largest absolute Gasteiger partial charge is 0.329 e. The highest BCUT2D eigenvalue weighted by Crippen LogP contribution is 2.31. The number of hydrogen-bond donors (Lipinski definition) is 1. The van der Waals surface area contributed by atoms with Crippen molar-refractivity contribution in [2.75, 3.05) is 30.3 Å². The molecule has 0 aromatic carbocycles. The van der Waals surface area contributed by atoms with Crippen LogP contribution in [0, 0.1) is 6.92 Å². The highest BCUT2D eigenvalue weighted by Gasteiger charge is 2.37. The Bertz CT molecular complexity index is 585. The molecule has 2 unspecified atom stereocenters. The molecule has 0 bridgehead atoms. The second-order valence-corrected chi connectivity index (χ2v) is 8.91. The van der Waals surface area contributed by atoms with Crippen LogP contribution in [0.1, 0.15) is 24.2 Å². The minimum absolute atomic E-state index is 0.0917. The van der Waals surface area contributed by atoms with E-state index in [0.717, 1.165) is 23.6 Å². The van der Waals surface area contributed by atoms with Gasteiger partial charge in [0.2, 0.25) is 0 Å². The average molecular weight is 332 g/mol. The third kappa shape index (κ3) is 3.44. The van der Waals surface area contributed by atoms with E-state index in [4.69, 9.17) is 5.73 Å². The summed E-state index contributed by atoms with van der Waals surface area (Å²) in [6, 6.07) is -0.0917. The number of hydrogen-bond acceptors (Lipinski definition) is 6. The SMILES string of the molecule is CCS(=O)(=O)C1CSCCN1C(CN)c1cn(C)nc1C. The van der Waals surface area contributed by atoms with Crippen LogP contribution in [0.2, 0.25) is 0 Å². The molecule has 6 nitrogen and oxygen atoms in total. The summed E-state index contributed by atoms with van der Waals surface area (Å²) in [5, 5.41) is 3.91. The Morgan fingerprint density at radius 3 is 2.81 bits per heavy atom. The van der Waals surface area contributed by atoms with Gasteiger partial charge in [-0.3, -0.25) is 9.58 Å². The first kappa shape index (κ1) is 16.8. The molecule has 1 aromatic heterocycles. The quantitative estimate of drug-likeness (QED) is 0.847. The molecule has 2 N–H and O–H groups in total. The number of rotatable bonds is 5. The van der Waals surface area contributed by atoms with Crippen LogP contribution in [0.15, 0.2) is 6.20 Å². The van der Waals surface area contributed by atoms with Crippen LogP contribution in [0.3, 0.4) is 0 Å². The van der Waals surface area contributed by atoms with E-state index in [1.54, 1.807) is 23.4 Å². The average Bonchev–Trinajstić information content (AvgIpc) is 2.79. The van der Waals surface area contributed by atoms with E-state index in [1.807, 2.05) is 20.2 Å². The number of sulfone groups is 1. The Morgan fingerprint density at radius 2 is 2.29 bits per heavy atom. The second-order valence-electron chi connectivity index (χ2n) is 5.31. The van der Waals surface area contributed by atoms with Crippen LogP contribution in [0.4, 0.5) is 0 Å². The van der Waals surface area contributed by atoms with Gasteiger partial charge in [-0.25, -0.2) is 8.42 Å². The monoisotopic (exact) mass is 332 g/mol. The third-order valence-corrected chi connectivity index (χ3v) is 7.28. The van der Waals surface area contributed by atoms with E-state index >= 15 is 0 Å². The zero-order valence-electron chi connectivity index (χ0n) is 12.8. The molecule has 2 rings (SSSR count). The van der Waals surface area contributed by atoms with Gasteiger partial charge < -0.3 is 5.73 Å². The second kappa shape index (κ2) is 6.68. The summed E-state index contributed by atoms with van der Waals surface area (Å²) < 4.78 is 26.5. The van der Waals surface area contributed by atoms with Crippen molar-refractivity contribution in [2.45, 2.75) is 25.3 Å². The molecule has 8 heteroatoms. The molecule has 21 heavy (non-hydrogen) atoms. The van der Waals surface area contributed by atoms with Crippen molar-refractivity contribution >= 4 is 21.6 Å². The van der Waals surface area contributed by atoms with Crippen molar-refractivity contribution in [1.82, 2.24) is 14.7 Å². The maximum atomic E-state index is 12.4. The first-order chi connectivity index (χ1) is 9.90. The summed E-state index contributed by atoms with van der Waals surface area (Å²) in [6.45, 7) is 4.79. The van der Waals surface area contributed by atoms with Crippen LogP contribution in [-0.2, 0) is 16.9 Å². The first-order valence-corrected chi connectivity index (χ1v) is 10.0. The molecule has 0 radical (unpaired) electrons. The van der Waals surface area contributed by atoms with Crippen molar-refractivity contribution in [3.05, 3.63) is 17.5 Å². The fraction of sp³-hybridized carbons (Fsp3) is 0.769. The van der Waals surface area contributed by atoms with Crippen molar-refractivity contribution in [3.63, 3.8) is 0 Å². The smallest absolute Gasteiger partial charge is 0.166 e. The van der Waals surface area contributed by atoms with Crippen molar-refractivity contribution < 1.29 is 8.42 Å². The van der Waals surface area contributed by atoms with Gasteiger partial charge >= 0.3 is 0 Å². The number of aryl methyl sites for hydroxylation is 2. The van der Waals surface area contributed by atoms with Crippen LogP contribution in [0.25, 0.3) is 0 Å². The maximum absolute atomic E-state index is 12.4. The number of aromatic nitrogens is 2. The van der Waals surface area contributed by atoms with Crippen LogP contribution in [0.5, 0.6) is 0 Å². The molecule has 1 aromatic rings. The van der Waals surface area contributed by atoms with Gasteiger partial charge in [0.05, 0.1) is 11.7 Å². The lowest BCUT2D eigenvalue weighted by Gasteiger charge is -2.39. The van der Waals surface area contributed by atoms with E-state index in [-0.39, 0.29) is 11.8 Å². The van der Waals surface area contributed by atoms with Gasteiger partial charge in [-0.15, -0.1) is 0 Å². The summed E-state index contributed by atoms with van der Waals surface area (Å²) >= 11 is 1.70. The van der Waals surface area contributed by atoms with Gasteiger partial charge in [0, 0.05) is 49.2 Å². The van der Waals surface area contributed by atoms with E-state index in [1.165, 1.54) is 0 Å².